The zero-order valence-corrected chi connectivity index (χ0v) is 12.2. The topological polar surface area (TPSA) is 154 Å². The number of nitrogens with one attached hydrogen (secondary N) is 1. The molecule has 1 fully saturated rings. The third kappa shape index (κ3) is 5.91. The maximum absolute atomic E-state index is 11.1. The molecule has 0 saturated carbocycles. The van der Waals surface area contributed by atoms with E-state index in [1.165, 1.54) is 0 Å². The van der Waals surface area contributed by atoms with E-state index in [1.54, 1.807) is 0 Å². The highest BCUT2D eigenvalue weighted by Crippen LogP contribution is 2.10. The molecule has 0 aromatic carbocycles. The Bertz CT molecular complexity index is 319. The quantitative estimate of drug-likeness (QED) is 0.249. The number of halogens is 1. The first-order valence-corrected chi connectivity index (χ1v) is 6.38. The summed E-state index contributed by atoms with van der Waals surface area (Å²) in [5, 5.41) is 58.6. The largest absolute Gasteiger partial charge is 0.465 e. The smallest absolute Gasteiger partial charge is 0.407 e. The monoisotopic (exact) mass is 330 g/mol. The van der Waals surface area contributed by atoms with Gasteiger partial charge in [0.1, 0.15) is 24.4 Å². The number of carboxylic acid groups (broad SMARTS) is 1. The highest BCUT2D eigenvalue weighted by Gasteiger charge is 2.33. The van der Waals surface area contributed by atoms with E-state index >= 15 is 0 Å². The number of hydrogen-bond acceptors (Lipinski definition) is 7. The maximum Gasteiger partial charge on any atom is 0.407 e. The van der Waals surface area contributed by atoms with Gasteiger partial charge in [-0.1, -0.05) is 0 Å². The Morgan fingerprint density at radius 2 is 1.67 bits per heavy atom. The van der Waals surface area contributed by atoms with Gasteiger partial charge >= 0.3 is 6.09 Å². The molecule has 1 rings (SSSR count). The molecule has 1 amide bonds. The normalized spacial score (nSPS) is 20.6. The molecule has 4 unspecified atom stereocenters. The lowest BCUT2D eigenvalue weighted by molar-refractivity contribution is -0.118. The third-order valence-electron chi connectivity index (χ3n) is 3.35. The zero-order valence-electron chi connectivity index (χ0n) is 11.4. The van der Waals surface area contributed by atoms with Crippen LogP contribution in [-0.4, -0.2) is 98.8 Å². The van der Waals surface area contributed by atoms with Gasteiger partial charge < -0.3 is 40.9 Å². The maximum atomic E-state index is 11.1. The fourth-order valence-corrected chi connectivity index (χ4v) is 1.92. The minimum atomic E-state index is -1.75. The Balaban J connectivity index is 0.00000400. The van der Waals surface area contributed by atoms with E-state index in [4.69, 9.17) is 10.2 Å². The lowest BCUT2D eigenvalue weighted by Gasteiger charge is -2.34. The fraction of sp³-hybridized carbons (Fsp3) is 0.909. The van der Waals surface area contributed by atoms with Crippen LogP contribution in [0, 0.1) is 5.92 Å². The molecule has 1 aliphatic rings. The fourth-order valence-electron chi connectivity index (χ4n) is 1.92. The first-order chi connectivity index (χ1) is 9.36. The molecule has 1 heterocycles. The van der Waals surface area contributed by atoms with Gasteiger partial charge in [0.2, 0.25) is 0 Å². The van der Waals surface area contributed by atoms with E-state index in [1.807, 2.05) is 0 Å². The molecule has 0 spiro atoms. The molecule has 0 bridgehead atoms. The summed E-state index contributed by atoms with van der Waals surface area (Å²) in [5.41, 5.74) is 0. The van der Waals surface area contributed by atoms with Gasteiger partial charge in [-0.3, -0.25) is 0 Å². The van der Waals surface area contributed by atoms with Gasteiger partial charge in [-0.25, -0.2) is 4.79 Å². The SMILES string of the molecule is Cl.O=C(O)N(CC1CNC1)CC(O)C(O)C(O)C(O)CO. The average Bonchev–Trinajstić information content (AvgIpc) is 2.37. The predicted octanol–water partition coefficient (Wildman–Crippen LogP) is -2.96. The van der Waals surface area contributed by atoms with Crippen LogP contribution in [0.3, 0.4) is 0 Å². The van der Waals surface area contributed by atoms with Crippen molar-refractivity contribution in [3.05, 3.63) is 0 Å². The number of amides is 1. The highest BCUT2D eigenvalue weighted by atomic mass is 35.5. The zero-order chi connectivity index (χ0) is 15.3. The van der Waals surface area contributed by atoms with Crippen LogP contribution < -0.4 is 5.32 Å². The second-order valence-corrected chi connectivity index (χ2v) is 5.01. The minimum absolute atomic E-state index is 0. The van der Waals surface area contributed by atoms with Gasteiger partial charge in [-0.05, 0) is 0 Å². The first-order valence-electron chi connectivity index (χ1n) is 6.38. The summed E-state index contributed by atoms with van der Waals surface area (Å²) in [5.74, 6) is 0.156. The van der Waals surface area contributed by atoms with E-state index in [9.17, 15) is 25.2 Å². The number of hydrogen-bond donors (Lipinski definition) is 7. The van der Waals surface area contributed by atoms with Crippen molar-refractivity contribution in [3.63, 3.8) is 0 Å². The molecule has 7 N–H and O–H groups in total. The average molecular weight is 331 g/mol. The molecule has 10 heteroatoms. The Labute approximate surface area is 128 Å². The molecule has 0 aliphatic carbocycles. The second kappa shape index (κ2) is 9.36. The van der Waals surface area contributed by atoms with Gasteiger partial charge in [0.25, 0.3) is 0 Å². The Hall–Kier alpha value is -0.680. The van der Waals surface area contributed by atoms with Crippen molar-refractivity contribution in [2.45, 2.75) is 24.4 Å². The Kier molecular flexibility index (Phi) is 9.06. The van der Waals surface area contributed by atoms with Gasteiger partial charge in [0.15, 0.2) is 0 Å². The van der Waals surface area contributed by atoms with Crippen LogP contribution in [-0.2, 0) is 0 Å². The third-order valence-corrected chi connectivity index (χ3v) is 3.35. The molecule has 0 radical (unpaired) electrons. The molecule has 1 saturated heterocycles. The van der Waals surface area contributed by atoms with Crippen molar-refractivity contribution in [2.75, 3.05) is 32.8 Å². The summed E-state index contributed by atoms with van der Waals surface area (Å²) in [6.07, 6.45) is -7.90. The molecule has 1 aliphatic heterocycles. The van der Waals surface area contributed by atoms with Crippen LogP contribution in [0.2, 0.25) is 0 Å². The summed E-state index contributed by atoms with van der Waals surface area (Å²) in [7, 11) is 0. The predicted molar refractivity (Wildman–Crippen MR) is 74.3 cm³/mol. The summed E-state index contributed by atoms with van der Waals surface area (Å²) in [6.45, 7) is 0.427. The summed E-state index contributed by atoms with van der Waals surface area (Å²) < 4.78 is 0. The lowest BCUT2D eigenvalue weighted by Crippen LogP contribution is -2.54. The van der Waals surface area contributed by atoms with Gasteiger partial charge in [-0.2, -0.15) is 0 Å². The van der Waals surface area contributed by atoms with E-state index in [2.05, 4.69) is 5.32 Å². The van der Waals surface area contributed by atoms with E-state index in [-0.39, 0.29) is 31.4 Å². The van der Waals surface area contributed by atoms with Gasteiger partial charge in [-0.15, -0.1) is 12.4 Å². The van der Waals surface area contributed by atoms with Gasteiger partial charge in [0.05, 0.1) is 13.2 Å². The summed E-state index contributed by atoms with van der Waals surface area (Å²) >= 11 is 0. The van der Waals surface area contributed by atoms with Crippen molar-refractivity contribution in [2.24, 2.45) is 5.92 Å². The van der Waals surface area contributed by atoms with Crippen LogP contribution in [0.5, 0.6) is 0 Å². The van der Waals surface area contributed by atoms with Gasteiger partial charge in [0, 0.05) is 25.6 Å². The van der Waals surface area contributed by atoms with Crippen LogP contribution >= 0.6 is 12.4 Å². The van der Waals surface area contributed by atoms with E-state index in [0.717, 1.165) is 4.90 Å². The summed E-state index contributed by atoms with van der Waals surface area (Å²) in [4.78, 5) is 12.0. The second-order valence-electron chi connectivity index (χ2n) is 5.01. The minimum Gasteiger partial charge on any atom is -0.465 e. The molecule has 0 aromatic rings. The Morgan fingerprint density at radius 3 is 2.05 bits per heavy atom. The van der Waals surface area contributed by atoms with Crippen LogP contribution in [0.15, 0.2) is 0 Å². The van der Waals surface area contributed by atoms with Crippen molar-refractivity contribution >= 4 is 18.5 Å². The van der Waals surface area contributed by atoms with Crippen molar-refractivity contribution in [1.29, 1.82) is 0 Å². The van der Waals surface area contributed by atoms with Crippen molar-refractivity contribution in [3.8, 4) is 0 Å². The van der Waals surface area contributed by atoms with Crippen molar-refractivity contribution in [1.82, 2.24) is 10.2 Å². The molecule has 9 nitrogen and oxygen atoms in total. The first kappa shape index (κ1) is 20.3. The van der Waals surface area contributed by atoms with Crippen LogP contribution in [0.1, 0.15) is 0 Å². The number of carbonyl (C=O) groups is 1. The highest BCUT2D eigenvalue weighted by molar-refractivity contribution is 5.85. The number of aliphatic hydroxyl groups excluding tert-OH is 5. The van der Waals surface area contributed by atoms with E-state index < -0.39 is 37.1 Å². The number of nitrogens with zero attached hydrogens (tertiary/aromatic N) is 1. The molecule has 4 atom stereocenters. The van der Waals surface area contributed by atoms with Crippen molar-refractivity contribution < 1.29 is 35.4 Å². The molecular formula is C11H23ClN2O7. The Morgan fingerprint density at radius 1 is 1.14 bits per heavy atom. The summed E-state index contributed by atoms with van der Waals surface area (Å²) in [6, 6.07) is 0. The molecule has 21 heavy (non-hydrogen) atoms. The lowest BCUT2D eigenvalue weighted by atomic mass is 10.0. The standard InChI is InChI=1S/C11H22N2O7.ClH/c14-5-8(16)10(18)9(17)7(15)4-13(11(19)20)3-6-1-12-2-6;/h6-10,12,14-18H,1-5H2,(H,19,20);1H. The number of aliphatic hydroxyl groups is 5. The van der Waals surface area contributed by atoms with Crippen LogP contribution in [0.4, 0.5) is 4.79 Å². The number of rotatable bonds is 8. The molecule has 126 valence electrons. The van der Waals surface area contributed by atoms with E-state index in [0.29, 0.717) is 13.1 Å². The molecular weight excluding hydrogens is 308 g/mol. The molecule has 0 aromatic heterocycles. The van der Waals surface area contributed by atoms with Crippen LogP contribution in [0.25, 0.3) is 0 Å².